The molecule has 6 nitrogen and oxygen atoms in total. The largest absolute Gasteiger partial charge is 0.340 e. The van der Waals surface area contributed by atoms with Crippen molar-refractivity contribution in [2.75, 3.05) is 36.4 Å². The molecular weight excluding hydrogens is 398 g/mol. The molecule has 0 unspecified atom stereocenters. The highest BCUT2D eigenvalue weighted by atomic mass is 16.2. The maximum Gasteiger partial charge on any atom is 0.253 e. The first-order valence-corrected chi connectivity index (χ1v) is 11.1. The van der Waals surface area contributed by atoms with Gasteiger partial charge < -0.3 is 15.1 Å². The lowest BCUT2D eigenvalue weighted by atomic mass is 9.86. The van der Waals surface area contributed by atoms with E-state index in [-0.39, 0.29) is 11.3 Å². The number of piperazine rings is 1. The second kappa shape index (κ2) is 8.99. The molecule has 0 radical (unpaired) electrons. The number of nitrogens with one attached hydrogen (secondary N) is 1. The number of para-hydroxylation sites is 1. The zero-order valence-corrected chi connectivity index (χ0v) is 19.3. The predicted molar refractivity (Wildman–Crippen MR) is 130 cm³/mol. The molecule has 1 saturated heterocycles. The van der Waals surface area contributed by atoms with Crippen molar-refractivity contribution in [1.29, 1.82) is 0 Å². The minimum atomic E-state index is 0.0786. The maximum absolute atomic E-state index is 13.0. The third-order valence-corrected chi connectivity index (χ3v) is 5.74. The van der Waals surface area contributed by atoms with Crippen LogP contribution in [0.1, 0.15) is 42.4 Å². The summed E-state index contributed by atoms with van der Waals surface area (Å²) in [5, 5.41) is 3.35. The smallest absolute Gasteiger partial charge is 0.253 e. The van der Waals surface area contributed by atoms with Gasteiger partial charge in [-0.2, -0.15) is 4.98 Å². The number of aromatic nitrogens is 2. The first-order valence-electron chi connectivity index (χ1n) is 11.1. The normalized spacial score (nSPS) is 14.4. The van der Waals surface area contributed by atoms with Crippen LogP contribution in [0.4, 0.5) is 17.5 Å². The molecule has 0 saturated carbocycles. The molecule has 6 heteroatoms. The van der Waals surface area contributed by atoms with Crippen LogP contribution in [0.15, 0.2) is 60.7 Å². The average Bonchev–Trinajstić information content (AvgIpc) is 2.78. The summed E-state index contributed by atoms with van der Waals surface area (Å²) >= 11 is 0. The molecule has 0 atom stereocenters. The van der Waals surface area contributed by atoms with Gasteiger partial charge >= 0.3 is 0 Å². The van der Waals surface area contributed by atoms with Gasteiger partial charge in [0.25, 0.3) is 5.91 Å². The van der Waals surface area contributed by atoms with Crippen LogP contribution in [0.25, 0.3) is 0 Å². The number of rotatable bonds is 4. The fraction of sp³-hybridized carbons (Fsp3) is 0.346. The Labute approximate surface area is 190 Å². The Bertz CT molecular complexity index is 1070. The summed E-state index contributed by atoms with van der Waals surface area (Å²) in [6.07, 6.45) is 0. The van der Waals surface area contributed by atoms with Gasteiger partial charge in [0.2, 0.25) is 5.95 Å². The molecule has 3 aromatic rings. The van der Waals surface area contributed by atoms with E-state index >= 15 is 0 Å². The Morgan fingerprint density at radius 2 is 1.56 bits per heavy atom. The Kier molecular flexibility index (Phi) is 6.12. The number of hydrogen-bond acceptors (Lipinski definition) is 5. The highest BCUT2D eigenvalue weighted by molar-refractivity contribution is 5.94. The fourth-order valence-electron chi connectivity index (χ4n) is 3.83. The third kappa shape index (κ3) is 5.07. The van der Waals surface area contributed by atoms with E-state index in [1.807, 2.05) is 60.4 Å². The summed E-state index contributed by atoms with van der Waals surface area (Å²) in [6.45, 7) is 11.2. The zero-order chi connectivity index (χ0) is 22.7. The molecule has 0 spiro atoms. The average molecular weight is 430 g/mol. The first kappa shape index (κ1) is 21.8. The number of nitrogens with zero attached hydrogens (tertiary/aromatic N) is 4. The van der Waals surface area contributed by atoms with E-state index in [1.165, 1.54) is 5.56 Å². The Hall–Kier alpha value is -3.41. The monoisotopic (exact) mass is 429 g/mol. The highest BCUT2D eigenvalue weighted by Crippen LogP contribution is 2.23. The van der Waals surface area contributed by atoms with Gasteiger partial charge in [0, 0.05) is 49.2 Å². The predicted octanol–water partition coefficient (Wildman–Crippen LogP) is 4.79. The summed E-state index contributed by atoms with van der Waals surface area (Å²) in [5.74, 6) is 1.56. The Morgan fingerprint density at radius 1 is 0.906 bits per heavy atom. The third-order valence-electron chi connectivity index (χ3n) is 5.74. The molecule has 2 heterocycles. The lowest BCUT2D eigenvalue weighted by molar-refractivity contribution is 0.0746. The number of carbonyl (C=O) groups is 1. The van der Waals surface area contributed by atoms with Crippen LogP contribution in [-0.4, -0.2) is 47.0 Å². The molecule has 2 aromatic carbocycles. The van der Waals surface area contributed by atoms with Crippen molar-refractivity contribution in [3.63, 3.8) is 0 Å². The first-order chi connectivity index (χ1) is 15.3. The van der Waals surface area contributed by atoms with Gasteiger partial charge in [-0.05, 0) is 42.2 Å². The minimum absolute atomic E-state index is 0.0786. The number of benzene rings is 2. The molecular formula is C26H31N5O. The van der Waals surface area contributed by atoms with Crippen LogP contribution in [0.5, 0.6) is 0 Å². The molecule has 166 valence electrons. The summed E-state index contributed by atoms with van der Waals surface area (Å²) in [6, 6.07) is 19.9. The van der Waals surface area contributed by atoms with Crippen molar-refractivity contribution in [3.8, 4) is 0 Å². The minimum Gasteiger partial charge on any atom is -0.340 e. The van der Waals surface area contributed by atoms with E-state index in [1.54, 1.807) is 0 Å². The number of hydrogen-bond donors (Lipinski definition) is 1. The maximum atomic E-state index is 13.0. The molecule has 1 fully saturated rings. The van der Waals surface area contributed by atoms with Crippen molar-refractivity contribution >= 4 is 23.4 Å². The Balaban J connectivity index is 1.40. The Morgan fingerprint density at radius 3 is 2.19 bits per heavy atom. The SMILES string of the molecule is Cc1cc(Nc2ccccc2)nc(N2CCN(C(=O)c3ccc(C(C)(C)C)cc3)CC2)n1. The quantitative estimate of drug-likeness (QED) is 0.646. The van der Waals surface area contributed by atoms with Gasteiger partial charge in [0.15, 0.2) is 0 Å². The van der Waals surface area contributed by atoms with Crippen LogP contribution in [-0.2, 0) is 5.41 Å². The molecule has 0 aliphatic carbocycles. The summed E-state index contributed by atoms with van der Waals surface area (Å²) in [7, 11) is 0. The molecule has 0 bridgehead atoms. The molecule has 1 N–H and O–H groups in total. The van der Waals surface area contributed by atoms with E-state index in [2.05, 4.69) is 48.1 Å². The van der Waals surface area contributed by atoms with Gasteiger partial charge in [-0.3, -0.25) is 4.79 Å². The van der Waals surface area contributed by atoms with Crippen molar-refractivity contribution < 1.29 is 4.79 Å². The second-order valence-electron chi connectivity index (χ2n) is 9.29. The molecule has 1 aliphatic heterocycles. The van der Waals surface area contributed by atoms with Crippen LogP contribution in [0.3, 0.4) is 0 Å². The molecule has 4 rings (SSSR count). The lowest BCUT2D eigenvalue weighted by Gasteiger charge is -2.35. The fourth-order valence-corrected chi connectivity index (χ4v) is 3.83. The van der Waals surface area contributed by atoms with Gasteiger partial charge in [-0.1, -0.05) is 51.1 Å². The summed E-state index contributed by atoms with van der Waals surface area (Å²) < 4.78 is 0. The van der Waals surface area contributed by atoms with Crippen LogP contribution in [0.2, 0.25) is 0 Å². The van der Waals surface area contributed by atoms with Gasteiger partial charge in [0.1, 0.15) is 5.82 Å². The van der Waals surface area contributed by atoms with Gasteiger partial charge in [-0.15, -0.1) is 0 Å². The lowest BCUT2D eigenvalue weighted by Crippen LogP contribution is -2.49. The van der Waals surface area contributed by atoms with Crippen molar-refractivity contribution in [2.24, 2.45) is 0 Å². The number of carbonyl (C=O) groups excluding carboxylic acids is 1. The van der Waals surface area contributed by atoms with E-state index in [0.717, 1.165) is 22.8 Å². The van der Waals surface area contributed by atoms with Crippen molar-refractivity contribution in [3.05, 3.63) is 77.5 Å². The molecule has 1 amide bonds. The number of amides is 1. The summed E-state index contributed by atoms with van der Waals surface area (Å²) in [4.78, 5) is 26.4. The van der Waals surface area contributed by atoms with Crippen molar-refractivity contribution in [1.82, 2.24) is 14.9 Å². The van der Waals surface area contributed by atoms with E-state index in [0.29, 0.717) is 32.1 Å². The van der Waals surface area contributed by atoms with Gasteiger partial charge in [0.05, 0.1) is 0 Å². The van der Waals surface area contributed by atoms with Crippen LogP contribution >= 0.6 is 0 Å². The van der Waals surface area contributed by atoms with Crippen LogP contribution < -0.4 is 10.2 Å². The van der Waals surface area contributed by atoms with E-state index < -0.39 is 0 Å². The molecule has 1 aromatic heterocycles. The van der Waals surface area contributed by atoms with E-state index in [4.69, 9.17) is 4.98 Å². The van der Waals surface area contributed by atoms with Crippen LogP contribution in [0, 0.1) is 6.92 Å². The number of aryl methyl sites for hydroxylation is 1. The standard InChI is InChI=1S/C26H31N5O/c1-19-18-23(28-22-8-6-5-7-9-22)29-25(27-19)31-16-14-30(15-17-31)24(32)20-10-12-21(13-11-20)26(2,3)4/h5-13,18H,14-17H2,1-4H3,(H,27,28,29). The number of anilines is 3. The van der Waals surface area contributed by atoms with E-state index in [9.17, 15) is 4.79 Å². The molecule has 1 aliphatic rings. The van der Waals surface area contributed by atoms with Gasteiger partial charge in [-0.25, -0.2) is 4.98 Å². The summed E-state index contributed by atoms with van der Waals surface area (Å²) in [5.41, 5.74) is 3.95. The van der Waals surface area contributed by atoms with Crippen molar-refractivity contribution in [2.45, 2.75) is 33.1 Å². The second-order valence-corrected chi connectivity index (χ2v) is 9.29. The highest BCUT2D eigenvalue weighted by Gasteiger charge is 2.24. The topological polar surface area (TPSA) is 61.4 Å². The zero-order valence-electron chi connectivity index (χ0n) is 19.3. The molecule has 32 heavy (non-hydrogen) atoms.